The van der Waals surface area contributed by atoms with Gasteiger partial charge in [0.25, 0.3) is 0 Å². The Labute approximate surface area is 498 Å². The zero-order chi connectivity index (χ0) is 56.1. The molecule has 72 heavy (non-hydrogen) atoms. The van der Waals surface area contributed by atoms with Gasteiger partial charge < -0.3 is 0 Å². The average molecular weight is 858 g/mol. The van der Waals surface area contributed by atoms with Crippen LogP contribution in [0, 0.1) is 0 Å². The number of rotatable bonds is 34. The summed E-state index contributed by atoms with van der Waals surface area (Å²) in [5, 5.41) is 0. The fraction of sp³-hybridized carbons (Fsp3) is 0. The summed E-state index contributed by atoms with van der Waals surface area (Å²) in [6, 6.07) is 12.7. The lowest BCUT2D eigenvalue weighted by Gasteiger charge is -2.58. The normalized spacial score (nSPS) is 9.78. The van der Waals surface area contributed by atoms with E-state index >= 15 is 0 Å². The van der Waals surface area contributed by atoms with Gasteiger partial charge in [0.15, 0.2) is 0 Å². The van der Waals surface area contributed by atoms with Crippen molar-refractivity contribution in [2.24, 2.45) is 0 Å². The van der Waals surface area contributed by atoms with E-state index < -0.39 is 0 Å². The molecule has 0 nitrogen and oxygen atoms in total. The van der Waals surface area contributed by atoms with Crippen molar-refractivity contribution in [3.8, 4) is 0 Å². The number of hydrogen-bond donors (Lipinski definition) is 0. The van der Waals surface area contributed by atoms with Crippen LogP contribution in [0.25, 0.3) is 0 Å². The zero-order valence-corrected chi connectivity index (χ0v) is 55.4. The first-order valence-electron chi connectivity index (χ1n) is 32.3. The van der Waals surface area contributed by atoms with E-state index in [1.165, 1.54) is 21.2 Å². The molecule has 294 valence electrons. The molecule has 0 aromatic heterocycles. The van der Waals surface area contributed by atoms with E-state index in [4.69, 9.17) is 0 Å². The third kappa shape index (κ3) is 19.3. The van der Waals surface area contributed by atoms with E-state index in [2.05, 4.69) is 278 Å². The standard InChI is InChI=1S/C6H72B66/c7-39-57(38)67(55(34)35)71(65(51(26)27)52(28)29)70(72(66(53(30)31)54(32)33)68(56(36)37)59(41-9)44(12)13)61(69(63(47(18)19)48(20)21)64(49(22)23)50(24)25)42(6-4-2-1-3-5-6)60(58(40-8)43(10)11)62(45(14)15)46(16)17/h1-5,39-41H,7-38H2. The Bertz CT molecular complexity index is 1480. The van der Waals surface area contributed by atoms with Gasteiger partial charge in [0.05, 0.1) is 254 Å². The molecular formula is C6H72B66. The first-order chi connectivity index (χ1) is 33.2. The second kappa shape index (κ2) is 34.8. The minimum atomic E-state index is 0.421. The summed E-state index contributed by atoms with van der Waals surface area (Å²) >= 11 is 0. The van der Waals surface area contributed by atoms with E-state index in [-0.39, 0.29) is 0 Å². The molecule has 0 bridgehead atoms. The zero-order valence-electron chi connectivity index (χ0n) is 55.4. The highest BCUT2D eigenvalue weighted by Crippen LogP contribution is 2.25. The van der Waals surface area contributed by atoms with Gasteiger partial charge in [-0.3, -0.25) is 0 Å². The largest absolute Gasteiger partial charge is 0.0993 e. The van der Waals surface area contributed by atoms with E-state index in [9.17, 15) is 0 Å². The molecule has 0 amide bonds. The average Bonchev–Trinajstić information content (AvgIpc) is 3.23. The highest BCUT2D eigenvalue weighted by Gasteiger charge is 2.64. The monoisotopic (exact) mass is 871 g/mol. The molecule has 1 rings (SSSR count). The second-order valence-corrected chi connectivity index (χ2v) is 30.4. The van der Waals surface area contributed by atoms with Crippen LogP contribution in [0.1, 0.15) is 0 Å². The van der Waals surface area contributed by atoms with Gasteiger partial charge in [0.1, 0.15) is 0 Å². The molecule has 0 saturated carbocycles. The molecule has 66 heteroatoms. The van der Waals surface area contributed by atoms with Crippen LogP contribution in [-0.4, -0.2) is 467 Å². The van der Waals surface area contributed by atoms with Crippen LogP contribution in [0.3, 0.4) is 0 Å². The van der Waals surface area contributed by atoms with Crippen molar-refractivity contribution in [3.63, 3.8) is 0 Å². The van der Waals surface area contributed by atoms with Crippen molar-refractivity contribution in [1.82, 2.24) is 0 Å². The van der Waals surface area contributed by atoms with E-state index in [1.807, 2.05) is 0 Å². The SMILES string of the molecule is BBB(B)B(B(B)B)B(B(B(B)B)B(B)B)B(B(B(B(B)B)B(B)B)B(B(B)B)B(BB)B(B)B)B(B(B(B(B)B)B(B)B)B(B(B)B)B(B)B)B(B(B(BB)B(B)B)B(B(B)B)B(B)B)c1ccccc1. The molecule has 0 heterocycles. The summed E-state index contributed by atoms with van der Waals surface area (Å²) in [6.45, 7) is 0.421. The summed E-state index contributed by atoms with van der Waals surface area (Å²) in [5.74, 6) is 0. The molecule has 0 unspecified atom stereocenters. The van der Waals surface area contributed by atoms with Gasteiger partial charge in [-0.2, -0.15) is 0 Å². The smallest absolute Gasteiger partial charge is 0.0804 e. The maximum Gasteiger partial charge on any atom is 0.0804 e. The van der Waals surface area contributed by atoms with Crippen LogP contribution in [0.2, 0.25) is 0 Å². The minimum Gasteiger partial charge on any atom is -0.0993 e. The molecular weight excluding hydrogens is 786 g/mol. The Hall–Kier alpha value is 3.51. The van der Waals surface area contributed by atoms with Crippen LogP contribution in [-0.2, 0) is 0 Å². The first kappa shape index (κ1) is 73.5. The molecule has 0 N–H and O–H groups in total. The summed E-state index contributed by atoms with van der Waals surface area (Å²) in [6.07, 6.45) is 17.7. The lowest BCUT2D eigenvalue weighted by molar-refractivity contribution is 1.77. The minimum absolute atomic E-state index is 0.421. The third-order valence-corrected chi connectivity index (χ3v) is 21.1. The Morgan fingerprint density at radius 1 is 0.222 bits per heavy atom. The molecule has 0 saturated heterocycles. The Balaban J connectivity index is 6.09. The molecule has 0 aliphatic rings. The van der Waals surface area contributed by atoms with Crippen LogP contribution < -0.4 is 5.46 Å². The van der Waals surface area contributed by atoms with Gasteiger partial charge in [0.2, 0.25) is 0 Å². The summed E-state index contributed by atoms with van der Waals surface area (Å²) in [7, 11) is 89.0. The van der Waals surface area contributed by atoms with Crippen LogP contribution in [0.4, 0.5) is 0 Å². The van der Waals surface area contributed by atoms with Gasteiger partial charge in [-0.1, -0.05) is 35.8 Å². The van der Waals surface area contributed by atoms with Crippen molar-refractivity contribution in [3.05, 3.63) is 30.3 Å². The summed E-state index contributed by atoms with van der Waals surface area (Å²) < 4.78 is 0. The van der Waals surface area contributed by atoms with E-state index in [1.54, 1.807) is 5.46 Å². The van der Waals surface area contributed by atoms with Crippen molar-refractivity contribution in [1.29, 1.82) is 0 Å². The Morgan fingerprint density at radius 2 is 0.458 bits per heavy atom. The van der Waals surface area contributed by atoms with Crippen molar-refractivity contribution >= 4 is 472 Å². The van der Waals surface area contributed by atoms with Gasteiger partial charge in [-0.25, -0.2) is 0 Å². The van der Waals surface area contributed by atoms with Gasteiger partial charge in [0, 0.05) is 213 Å². The molecule has 0 spiro atoms. The fourth-order valence-corrected chi connectivity index (χ4v) is 19.6. The predicted octanol–water partition coefficient (Wildman–Crippen LogP) is -42.2. The quantitative estimate of drug-likeness (QED) is 0.0606. The number of benzene rings is 1. The van der Waals surface area contributed by atoms with Crippen LogP contribution in [0.15, 0.2) is 30.3 Å². The molecule has 0 aliphatic carbocycles. The maximum atomic E-state index is 2.73. The molecule has 0 fully saturated rings. The second-order valence-electron chi connectivity index (χ2n) is 30.4. The summed E-state index contributed by atoms with van der Waals surface area (Å²) in [5.41, 5.74) is 1.68. The van der Waals surface area contributed by atoms with E-state index in [0.717, 1.165) is 0 Å². The Kier molecular flexibility index (Phi) is 35.6. The Morgan fingerprint density at radius 3 is 0.708 bits per heavy atom. The van der Waals surface area contributed by atoms with Gasteiger partial charge in [-0.15, -0.1) is 0 Å². The van der Waals surface area contributed by atoms with Gasteiger partial charge in [-0.05, 0) is 0 Å². The molecule has 0 radical (unpaired) electrons. The van der Waals surface area contributed by atoms with Gasteiger partial charge >= 0.3 is 0 Å². The topological polar surface area (TPSA) is 0 Å². The maximum absolute atomic E-state index is 2.73. The molecule has 1 aromatic carbocycles. The number of hydrogen-bond acceptors (Lipinski definition) is 0. The molecule has 0 atom stereocenters. The lowest BCUT2D eigenvalue weighted by atomic mass is 8.23. The highest BCUT2D eigenvalue weighted by molar-refractivity contribution is 8.37. The van der Waals surface area contributed by atoms with Crippen molar-refractivity contribution < 1.29 is 0 Å². The van der Waals surface area contributed by atoms with Crippen molar-refractivity contribution in [2.45, 2.75) is 0 Å². The summed E-state index contributed by atoms with van der Waals surface area (Å²) in [4.78, 5) is 0. The van der Waals surface area contributed by atoms with Crippen LogP contribution in [0.5, 0.6) is 0 Å². The highest BCUT2D eigenvalue weighted by atomic mass is 13.8. The molecule has 1 aromatic rings. The van der Waals surface area contributed by atoms with Crippen molar-refractivity contribution in [2.75, 3.05) is 0 Å². The lowest BCUT2D eigenvalue weighted by Crippen LogP contribution is -2.97. The van der Waals surface area contributed by atoms with Crippen LogP contribution >= 0.6 is 0 Å². The first-order valence-corrected chi connectivity index (χ1v) is 32.3. The molecule has 0 aliphatic heterocycles. The van der Waals surface area contributed by atoms with E-state index in [0.29, 0.717) is 198 Å². The fourth-order valence-electron chi connectivity index (χ4n) is 19.6. The third-order valence-electron chi connectivity index (χ3n) is 21.1. The predicted molar refractivity (Wildman–Crippen MR) is 499 cm³/mol.